The summed E-state index contributed by atoms with van der Waals surface area (Å²) in [5.41, 5.74) is 2.00. The second-order valence-electron chi connectivity index (χ2n) is 5.25. The number of fused-ring (bicyclic) bond motifs is 1. The van der Waals surface area contributed by atoms with Crippen molar-refractivity contribution in [3.63, 3.8) is 0 Å². The molecule has 1 aromatic carbocycles. The van der Waals surface area contributed by atoms with Crippen LogP contribution in [0.3, 0.4) is 0 Å². The van der Waals surface area contributed by atoms with E-state index in [2.05, 4.69) is 15.3 Å². The number of pyridine rings is 1. The lowest BCUT2D eigenvalue weighted by Gasteiger charge is -2.07. The molecule has 0 aliphatic heterocycles. The largest absolute Gasteiger partial charge is 0.352 e. The van der Waals surface area contributed by atoms with Crippen molar-refractivity contribution in [3.05, 3.63) is 58.8 Å². The van der Waals surface area contributed by atoms with Crippen molar-refractivity contribution < 1.29 is 9.18 Å². The van der Waals surface area contributed by atoms with Gasteiger partial charge in [-0.1, -0.05) is 11.6 Å². The van der Waals surface area contributed by atoms with E-state index < -0.39 is 5.82 Å². The molecule has 0 saturated heterocycles. The van der Waals surface area contributed by atoms with Crippen LogP contribution >= 0.6 is 11.6 Å². The molecule has 0 fully saturated rings. The Labute approximate surface area is 143 Å². The van der Waals surface area contributed by atoms with Crippen molar-refractivity contribution in [1.82, 2.24) is 19.9 Å². The van der Waals surface area contributed by atoms with Crippen molar-refractivity contribution >= 4 is 28.7 Å². The van der Waals surface area contributed by atoms with E-state index in [-0.39, 0.29) is 10.9 Å². The van der Waals surface area contributed by atoms with Gasteiger partial charge in [0.05, 0.1) is 5.02 Å². The third-order valence-electron chi connectivity index (χ3n) is 3.72. The molecule has 1 amide bonds. The number of hydrogen-bond donors (Lipinski definition) is 1. The first kappa shape index (κ1) is 16.4. The number of halogens is 2. The van der Waals surface area contributed by atoms with Gasteiger partial charge in [-0.2, -0.15) is 0 Å². The van der Waals surface area contributed by atoms with Gasteiger partial charge < -0.3 is 9.88 Å². The first-order valence-electron chi connectivity index (χ1n) is 7.63. The normalized spacial score (nSPS) is 11.0. The molecule has 1 N–H and O–H groups in total. The maximum atomic E-state index is 13.1. The summed E-state index contributed by atoms with van der Waals surface area (Å²) in [7, 11) is 0. The monoisotopic (exact) mass is 346 g/mol. The Kier molecular flexibility index (Phi) is 4.76. The SMILES string of the molecule is CCn1c(CCNC(=O)c2ccc(F)c(Cl)c2)nc2cccnc21. The molecule has 3 rings (SSSR count). The molecule has 0 aliphatic carbocycles. The predicted octanol–water partition coefficient (Wildman–Crippen LogP) is 3.22. The van der Waals surface area contributed by atoms with Gasteiger partial charge in [0, 0.05) is 31.3 Å². The van der Waals surface area contributed by atoms with Crippen LogP contribution in [0.2, 0.25) is 5.02 Å². The van der Waals surface area contributed by atoms with Crippen LogP contribution in [0, 0.1) is 5.82 Å². The van der Waals surface area contributed by atoms with Gasteiger partial charge in [-0.15, -0.1) is 0 Å². The molecule has 5 nitrogen and oxygen atoms in total. The lowest BCUT2D eigenvalue weighted by atomic mass is 10.2. The van der Waals surface area contributed by atoms with E-state index in [1.165, 1.54) is 18.2 Å². The predicted molar refractivity (Wildman–Crippen MR) is 90.6 cm³/mol. The Balaban J connectivity index is 1.68. The molecular weight excluding hydrogens is 331 g/mol. The standard InChI is InChI=1S/C17H16ClFN4O/c1-2-23-15(22-14-4-3-8-20-16(14)23)7-9-21-17(24)11-5-6-13(19)12(18)10-11/h3-6,8,10H,2,7,9H2,1H3,(H,21,24). The molecule has 0 radical (unpaired) electrons. The molecule has 0 bridgehead atoms. The number of carbonyl (C=O) groups excluding carboxylic acids is 1. The van der Waals surface area contributed by atoms with Gasteiger partial charge in [-0.3, -0.25) is 4.79 Å². The fraction of sp³-hybridized carbons (Fsp3) is 0.235. The summed E-state index contributed by atoms with van der Waals surface area (Å²) < 4.78 is 15.2. The summed E-state index contributed by atoms with van der Waals surface area (Å²) in [6.07, 6.45) is 2.31. The molecule has 0 atom stereocenters. The zero-order valence-corrected chi connectivity index (χ0v) is 13.8. The number of imidazole rings is 1. The van der Waals surface area contributed by atoms with Crippen molar-refractivity contribution in [1.29, 1.82) is 0 Å². The molecule has 0 unspecified atom stereocenters. The summed E-state index contributed by atoms with van der Waals surface area (Å²) in [4.78, 5) is 21.0. The van der Waals surface area contributed by atoms with Gasteiger partial charge in [0.1, 0.15) is 17.2 Å². The number of benzene rings is 1. The topological polar surface area (TPSA) is 59.8 Å². The maximum absolute atomic E-state index is 13.1. The average molecular weight is 347 g/mol. The van der Waals surface area contributed by atoms with Crippen LogP contribution in [0.5, 0.6) is 0 Å². The van der Waals surface area contributed by atoms with E-state index in [4.69, 9.17) is 11.6 Å². The summed E-state index contributed by atoms with van der Waals surface area (Å²) in [5.74, 6) is 0.0233. The molecule has 0 spiro atoms. The van der Waals surface area contributed by atoms with E-state index in [9.17, 15) is 9.18 Å². The highest BCUT2D eigenvalue weighted by atomic mass is 35.5. The third-order valence-corrected chi connectivity index (χ3v) is 4.00. The van der Waals surface area contributed by atoms with Crippen LogP contribution in [-0.2, 0) is 13.0 Å². The minimum absolute atomic E-state index is 0.0681. The minimum Gasteiger partial charge on any atom is -0.352 e. The smallest absolute Gasteiger partial charge is 0.251 e. The number of carbonyl (C=O) groups is 1. The Hall–Kier alpha value is -2.47. The quantitative estimate of drug-likeness (QED) is 0.771. The van der Waals surface area contributed by atoms with E-state index in [0.29, 0.717) is 18.5 Å². The second-order valence-corrected chi connectivity index (χ2v) is 5.66. The van der Waals surface area contributed by atoms with Crippen LogP contribution < -0.4 is 5.32 Å². The Morgan fingerprint density at radius 2 is 2.21 bits per heavy atom. The summed E-state index contributed by atoms with van der Waals surface area (Å²) in [5, 5.41) is 2.73. The van der Waals surface area contributed by atoms with E-state index in [0.717, 1.165) is 23.5 Å². The molecule has 7 heteroatoms. The van der Waals surface area contributed by atoms with E-state index >= 15 is 0 Å². The van der Waals surface area contributed by atoms with Crippen LogP contribution in [0.1, 0.15) is 23.1 Å². The van der Waals surface area contributed by atoms with Crippen LogP contribution in [0.15, 0.2) is 36.5 Å². The molecule has 0 aliphatic rings. The van der Waals surface area contributed by atoms with Gasteiger partial charge in [0.25, 0.3) is 5.91 Å². The lowest BCUT2D eigenvalue weighted by molar-refractivity contribution is 0.0954. The zero-order valence-electron chi connectivity index (χ0n) is 13.1. The number of aromatic nitrogens is 3. The highest BCUT2D eigenvalue weighted by Gasteiger charge is 2.12. The summed E-state index contributed by atoms with van der Waals surface area (Å²) in [6.45, 7) is 3.19. The number of amides is 1. The third kappa shape index (κ3) is 3.23. The van der Waals surface area contributed by atoms with Gasteiger partial charge in [0.2, 0.25) is 0 Å². The van der Waals surface area contributed by atoms with E-state index in [1.54, 1.807) is 6.20 Å². The number of aryl methyl sites for hydroxylation is 1. The van der Waals surface area contributed by atoms with Crippen molar-refractivity contribution in [2.45, 2.75) is 19.9 Å². The van der Waals surface area contributed by atoms with Crippen molar-refractivity contribution in [2.75, 3.05) is 6.54 Å². The highest BCUT2D eigenvalue weighted by Crippen LogP contribution is 2.16. The number of nitrogens with one attached hydrogen (secondary N) is 1. The number of nitrogens with zero attached hydrogens (tertiary/aromatic N) is 3. The Morgan fingerprint density at radius 1 is 1.38 bits per heavy atom. The van der Waals surface area contributed by atoms with Gasteiger partial charge in [-0.25, -0.2) is 14.4 Å². The highest BCUT2D eigenvalue weighted by molar-refractivity contribution is 6.31. The molecular formula is C17H16ClFN4O. The molecule has 0 saturated carbocycles. The summed E-state index contributed by atoms with van der Waals surface area (Å²) in [6, 6.07) is 7.66. The maximum Gasteiger partial charge on any atom is 0.251 e. The van der Waals surface area contributed by atoms with Gasteiger partial charge in [-0.05, 0) is 37.3 Å². The first-order chi connectivity index (χ1) is 11.6. The minimum atomic E-state index is -0.544. The molecule has 2 heterocycles. The fourth-order valence-electron chi connectivity index (χ4n) is 2.56. The first-order valence-corrected chi connectivity index (χ1v) is 8.01. The second kappa shape index (κ2) is 6.97. The van der Waals surface area contributed by atoms with E-state index in [1.807, 2.05) is 23.6 Å². The summed E-state index contributed by atoms with van der Waals surface area (Å²) >= 11 is 5.70. The number of hydrogen-bond acceptors (Lipinski definition) is 3. The molecule has 3 aromatic rings. The average Bonchev–Trinajstić information content (AvgIpc) is 2.94. The fourth-order valence-corrected chi connectivity index (χ4v) is 2.74. The molecule has 124 valence electrons. The van der Waals surface area contributed by atoms with Gasteiger partial charge >= 0.3 is 0 Å². The lowest BCUT2D eigenvalue weighted by Crippen LogP contribution is -2.26. The molecule has 24 heavy (non-hydrogen) atoms. The Morgan fingerprint density at radius 3 is 2.96 bits per heavy atom. The molecule has 2 aromatic heterocycles. The van der Waals surface area contributed by atoms with Crippen LogP contribution in [0.4, 0.5) is 4.39 Å². The van der Waals surface area contributed by atoms with Crippen molar-refractivity contribution in [3.8, 4) is 0 Å². The van der Waals surface area contributed by atoms with Gasteiger partial charge in [0.15, 0.2) is 5.65 Å². The number of rotatable bonds is 5. The van der Waals surface area contributed by atoms with Crippen LogP contribution in [-0.4, -0.2) is 27.0 Å². The zero-order chi connectivity index (χ0) is 17.1. The van der Waals surface area contributed by atoms with Crippen LogP contribution in [0.25, 0.3) is 11.2 Å². The Bertz CT molecular complexity index is 893. The van der Waals surface area contributed by atoms with Crippen molar-refractivity contribution in [2.24, 2.45) is 0 Å².